The largest absolute Gasteiger partial charge is 0.497 e. The number of halogens is 5. The molecule has 0 radical (unpaired) electrons. The predicted molar refractivity (Wildman–Crippen MR) is 110 cm³/mol. The van der Waals surface area contributed by atoms with Gasteiger partial charge in [-0.2, -0.15) is 0 Å². The Balaban J connectivity index is 1.56. The van der Waals surface area contributed by atoms with Gasteiger partial charge >= 0.3 is 6.03 Å². The molecule has 1 aromatic heterocycles. The van der Waals surface area contributed by atoms with Crippen molar-refractivity contribution in [2.24, 2.45) is 0 Å². The summed E-state index contributed by atoms with van der Waals surface area (Å²) in [7, 11) is 1.50. The molecule has 170 valence electrons. The number of aromatic amines is 1. The van der Waals surface area contributed by atoms with Crippen LogP contribution >= 0.6 is 11.6 Å². The molecule has 2 amide bonds. The molecule has 1 N–H and O–H groups in total. The number of nitrogens with zero attached hydrogens (tertiary/aromatic N) is 3. The molecule has 0 bridgehead atoms. The second-order valence-electron chi connectivity index (χ2n) is 7.46. The Morgan fingerprint density at radius 1 is 1.28 bits per heavy atom. The van der Waals surface area contributed by atoms with Crippen LogP contribution in [-0.4, -0.2) is 58.5 Å². The van der Waals surface area contributed by atoms with Gasteiger partial charge in [-0.05, 0) is 36.2 Å². The molecule has 0 saturated carbocycles. The standard InChI is InChI=1S/C21H19ClF4N4O2/c1-32-13-3-2-11(14(22)7-13)6-12-8-29(21(31)30(12)9-17(24)25)10-18-27-16-5-4-15(23)19(26)20(16)28-18/h2-5,7,12,17H,6,8-10H2,1H3,(H,27,28). The van der Waals surface area contributed by atoms with Crippen LogP contribution in [0.5, 0.6) is 5.75 Å². The molecule has 32 heavy (non-hydrogen) atoms. The summed E-state index contributed by atoms with van der Waals surface area (Å²) in [6.45, 7) is -0.656. The van der Waals surface area contributed by atoms with Crippen LogP contribution in [0.4, 0.5) is 22.4 Å². The van der Waals surface area contributed by atoms with Crippen molar-refractivity contribution >= 4 is 28.7 Å². The molecule has 0 aliphatic carbocycles. The molecular weight excluding hydrogens is 452 g/mol. The minimum Gasteiger partial charge on any atom is -0.497 e. The molecule has 4 rings (SSSR count). The average Bonchev–Trinajstić information content (AvgIpc) is 3.29. The Morgan fingerprint density at radius 3 is 2.75 bits per heavy atom. The number of benzene rings is 2. The van der Waals surface area contributed by atoms with E-state index in [1.165, 1.54) is 18.1 Å². The Morgan fingerprint density at radius 2 is 2.06 bits per heavy atom. The van der Waals surface area contributed by atoms with Crippen LogP contribution in [-0.2, 0) is 13.0 Å². The second-order valence-corrected chi connectivity index (χ2v) is 7.87. The predicted octanol–water partition coefficient (Wildman–Crippen LogP) is 4.62. The smallest absolute Gasteiger partial charge is 0.321 e. The minimum atomic E-state index is -2.71. The maximum Gasteiger partial charge on any atom is 0.321 e. The zero-order valence-electron chi connectivity index (χ0n) is 16.9. The lowest BCUT2D eigenvalue weighted by Crippen LogP contribution is -2.39. The van der Waals surface area contributed by atoms with Gasteiger partial charge < -0.3 is 19.5 Å². The molecule has 11 heteroatoms. The summed E-state index contributed by atoms with van der Waals surface area (Å²) < 4.78 is 58.9. The van der Waals surface area contributed by atoms with E-state index in [2.05, 4.69) is 9.97 Å². The molecule has 1 aliphatic heterocycles. The first-order valence-electron chi connectivity index (χ1n) is 9.75. The maximum atomic E-state index is 14.0. The van der Waals surface area contributed by atoms with Crippen molar-refractivity contribution in [1.82, 2.24) is 19.8 Å². The molecule has 1 aliphatic rings. The summed E-state index contributed by atoms with van der Waals surface area (Å²) in [6.07, 6.45) is -2.45. The molecular formula is C21H19ClF4N4O2. The molecule has 0 spiro atoms. The molecule has 2 aromatic carbocycles. The van der Waals surface area contributed by atoms with Gasteiger partial charge in [0.1, 0.15) is 17.1 Å². The van der Waals surface area contributed by atoms with Gasteiger partial charge in [-0.25, -0.2) is 27.3 Å². The second kappa shape index (κ2) is 8.85. The number of methoxy groups -OCH3 is 1. The van der Waals surface area contributed by atoms with Crippen molar-refractivity contribution in [3.8, 4) is 5.75 Å². The van der Waals surface area contributed by atoms with E-state index in [9.17, 15) is 22.4 Å². The van der Waals surface area contributed by atoms with Crippen molar-refractivity contribution in [2.45, 2.75) is 25.4 Å². The van der Waals surface area contributed by atoms with Crippen LogP contribution in [0.2, 0.25) is 5.02 Å². The minimum absolute atomic E-state index is 0.0683. The van der Waals surface area contributed by atoms with Crippen molar-refractivity contribution < 1.29 is 27.1 Å². The Labute approximate surface area is 185 Å². The quantitative estimate of drug-likeness (QED) is 0.513. The summed E-state index contributed by atoms with van der Waals surface area (Å²) in [4.78, 5) is 22.2. The molecule has 1 saturated heterocycles. The van der Waals surface area contributed by atoms with Crippen molar-refractivity contribution in [3.63, 3.8) is 0 Å². The van der Waals surface area contributed by atoms with Crippen molar-refractivity contribution in [3.05, 3.63) is 58.4 Å². The zero-order valence-corrected chi connectivity index (χ0v) is 17.7. The highest BCUT2D eigenvalue weighted by Gasteiger charge is 2.39. The SMILES string of the molecule is COc1ccc(CC2CN(Cc3nc4c(F)c(F)ccc4[nH]3)C(=O)N2CC(F)F)c(Cl)c1. The first-order chi connectivity index (χ1) is 15.3. The highest BCUT2D eigenvalue weighted by molar-refractivity contribution is 6.31. The number of carbonyl (C=O) groups is 1. The molecule has 6 nitrogen and oxygen atoms in total. The van der Waals surface area contributed by atoms with E-state index in [1.54, 1.807) is 18.2 Å². The number of hydrogen-bond acceptors (Lipinski definition) is 3. The number of hydrogen-bond donors (Lipinski definition) is 1. The first-order valence-corrected chi connectivity index (χ1v) is 10.1. The molecule has 2 heterocycles. The van der Waals surface area contributed by atoms with Gasteiger partial charge in [-0.15, -0.1) is 0 Å². The van der Waals surface area contributed by atoms with Crippen LogP contribution < -0.4 is 4.74 Å². The van der Waals surface area contributed by atoms with Crippen LogP contribution in [0, 0.1) is 11.6 Å². The number of ether oxygens (including phenoxy) is 1. The summed E-state index contributed by atoms with van der Waals surface area (Å²) in [5, 5.41) is 0.405. The number of nitrogens with one attached hydrogen (secondary N) is 1. The highest BCUT2D eigenvalue weighted by atomic mass is 35.5. The third kappa shape index (κ3) is 4.32. The van der Waals surface area contributed by atoms with E-state index >= 15 is 0 Å². The van der Waals surface area contributed by atoms with E-state index in [-0.39, 0.29) is 36.4 Å². The van der Waals surface area contributed by atoms with E-state index in [4.69, 9.17) is 16.3 Å². The van der Waals surface area contributed by atoms with Crippen LogP contribution in [0.25, 0.3) is 11.0 Å². The van der Waals surface area contributed by atoms with Gasteiger partial charge in [-0.3, -0.25) is 0 Å². The third-order valence-corrected chi connectivity index (χ3v) is 5.73. The van der Waals surface area contributed by atoms with E-state index < -0.39 is 36.7 Å². The number of rotatable bonds is 7. The Hall–Kier alpha value is -3.01. The van der Waals surface area contributed by atoms with Gasteiger partial charge in [0.2, 0.25) is 0 Å². The summed E-state index contributed by atoms with van der Waals surface area (Å²) in [5.74, 6) is -1.35. The topological polar surface area (TPSA) is 61.5 Å². The van der Waals surface area contributed by atoms with E-state index in [1.807, 2.05) is 0 Å². The number of alkyl halides is 2. The Kier molecular flexibility index (Phi) is 6.14. The summed E-state index contributed by atoms with van der Waals surface area (Å²) >= 11 is 6.29. The van der Waals surface area contributed by atoms with Crippen molar-refractivity contribution in [2.75, 3.05) is 20.2 Å². The summed E-state index contributed by atoms with van der Waals surface area (Å²) in [5.41, 5.74) is 0.780. The lowest BCUT2D eigenvalue weighted by molar-refractivity contribution is 0.0928. The Bertz CT molecular complexity index is 1160. The molecule has 3 aromatic rings. The molecule has 1 atom stereocenters. The summed E-state index contributed by atoms with van der Waals surface area (Å²) in [6, 6.07) is 6.21. The lowest BCUT2D eigenvalue weighted by Gasteiger charge is -2.23. The van der Waals surface area contributed by atoms with Crippen molar-refractivity contribution in [1.29, 1.82) is 0 Å². The number of amides is 2. The first kappa shape index (κ1) is 22.2. The maximum absolute atomic E-state index is 14.0. The fraction of sp³-hybridized carbons (Fsp3) is 0.333. The lowest BCUT2D eigenvalue weighted by atomic mass is 10.1. The molecule has 1 unspecified atom stereocenters. The number of H-pyrrole nitrogens is 1. The average molecular weight is 471 g/mol. The third-order valence-electron chi connectivity index (χ3n) is 5.37. The molecule has 1 fully saturated rings. The zero-order chi connectivity index (χ0) is 23.0. The van der Waals surface area contributed by atoms with Gasteiger partial charge in [0.25, 0.3) is 6.43 Å². The highest BCUT2D eigenvalue weighted by Crippen LogP contribution is 2.28. The monoisotopic (exact) mass is 470 g/mol. The van der Waals surface area contributed by atoms with Gasteiger partial charge in [0, 0.05) is 11.6 Å². The van der Waals surface area contributed by atoms with Crippen LogP contribution in [0.15, 0.2) is 30.3 Å². The van der Waals surface area contributed by atoms with E-state index in [0.717, 1.165) is 11.0 Å². The number of urea groups is 1. The van der Waals surface area contributed by atoms with Gasteiger partial charge in [0.15, 0.2) is 11.6 Å². The van der Waals surface area contributed by atoms with Gasteiger partial charge in [0.05, 0.1) is 31.8 Å². The number of fused-ring (bicyclic) bond motifs is 1. The fourth-order valence-electron chi connectivity index (χ4n) is 3.85. The van der Waals surface area contributed by atoms with Crippen LogP contribution in [0.1, 0.15) is 11.4 Å². The fourth-order valence-corrected chi connectivity index (χ4v) is 4.10. The number of carbonyl (C=O) groups excluding carboxylic acids is 1. The van der Waals surface area contributed by atoms with E-state index in [0.29, 0.717) is 16.3 Å². The number of imidazole rings is 1. The van der Waals surface area contributed by atoms with Crippen LogP contribution in [0.3, 0.4) is 0 Å². The number of aromatic nitrogens is 2. The van der Waals surface area contributed by atoms with Gasteiger partial charge in [-0.1, -0.05) is 17.7 Å². The normalized spacial score (nSPS) is 16.6.